The van der Waals surface area contributed by atoms with Crippen molar-refractivity contribution in [3.05, 3.63) is 12.4 Å². The molecule has 0 unspecified atom stereocenters. The maximum absolute atomic E-state index is 11.8. The largest absolute Gasteiger partial charge is 0.356 e. The molecule has 0 aliphatic heterocycles. The first-order valence-corrected chi connectivity index (χ1v) is 6.92. The quantitative estimate of drug-likeness (QED) is 0.648. The number of carbonyl (C=O) groups is 1. The fourth-order valence-electron chi connectivity index (χ4n) is 2.08. The lowest BCUT2D eigenvalue weighted by Crippen LogP contribution is -2.30. The molecule has 0 aliphatic rings. The number of amides is 1. The number of nitrogens with two attached hydrogens (primary N) is 1. The van der Waals surface area contributed by atoms with Crippen LogP contribution in [0, 0.1) is 11.8 Å². The van der Waals surface area contributed by atoms with Crippen LogP contribution in [0.15, 0.2) is 12.4 Å². The van der Waals surface area contributed by atoms with Crippen molar-refractivity contribution in [3.8, 4) is 0 Å². The van der Waals surface area contributed by atoms with Crippen LogP contribution in [0.1, 0.15) is 33.1 Å². The third kappa shape index (κ3) is 6.91. The Morgan fingerprint density at radius 1 is 1.47 bits per heavy atom. The summed E-state index contributed by atoms with van der Waals surface area (Å²) in [6.07, 6.45) is 5.85. The number of aryl methyl sites for hydroxylation is 1. The van der Waals surface area contributed by atoms with E-state index in [9.17, 15) is 4.79 Å². The molecule has 6 heteroatoms. The van der Waals surface area contributed by atoms with Gasteiger partial charge in [0.2, 0.25) is 5.91 Å². The summed E-state index contributed by atoms with van der Waals surface area (Å²) in [4.78, 5) is 11.8. The maximum Gasteiger partial charge on any atom is 0.220 e. The van der Waals surface area contributed by atoms with Gasteiger partial charge in [0.15, 0.2) is 0 Å². The van der Waals surface area contributed by atoms with Gasteiger partial charge in [-0.3, -0.25) is 9.48 Å². The van der Waals surface area contributed by atoms with Crippen molar-refractivity contribution < 1.29 is 4.79 Å². The number of aromatic nitrogens is 3. The maximum atomic E-state index is 11.8. The molecule has 0 saturated carbocycles. The highest BCUT2D eigenvalue weighted by atomic mass is 16.1. The van der Waals surface area contributed by atoms with Crippen molar-refractivity contribution >= 4 is 5.91 Å². The smallest absolute Gasteiger partial charge is 0.220 e. The number of nitrogens with one attached hydrogen (secondary N) is 1. The Labute approximate surface area is 114 Å². The van der Waals surface area contributed by atoms with Crippen LogP contribution >= 0.6 is 0 Å². The molecular formula is C13H25N5O. The SMILES string of the molecule is CC(C)C[C@H](CN)CC(=O)NCCCn1ccnn1. The van der Waals surface area contributed by atoms with Crippen molar-refractivity contribution in [2.75, 3.05) is 13.1 Å². The van der Waals surface area contributed by atoms with E-state index in [1.54, 1.807) is 10.9 Å². The first kappa shape index (κ1) is 15.6. The second kappa shape index (κ2) is 8.63. The minimum atomic E-state index is 0.0923. The minimum Gasteiger partial charge on any atom is -0.356 e. The molecule has 0 fully saturated rings. The van der Waals surface area contributed by atoms with E-state index in [1.165, 1.54) is 0 Å². The van der Waals surface area contributed by atoms with Gasteiger partial charge < -0.3 is 11.1 Å². The standard InChI is InChI=1S/C13H25N5O/c1-11(2)8-12(10-14)9-13(19)15-4-3-6-18-7-5-16-17-18/h5,7,11-12H,3-4,6,8-10,14H2,1-2H3,(H,15,19)/t12-/m0/s1. The fraction of sp³-hybridized carbons (Fsp3) is 0.769. The lowest BCUT2D eigenvalue weighted by Gasteiger charge is -2.16. The van der Waals surface area contributed by atoms with Gasteiger partial charge in [-0.25, -0.2) is 0 Å². The van der Waals surface area contributed by atoms with Crippen molar-refractivity contribution in [2.24, 2.45) is 17.6 Å². The van der Waals surface area contributed by atoms with Crippen LogP contribution < -0.4 is 11.1 Å². The van der Waals surface area contributed by atoms with E-state index in [-0.39, 0.29) is 11.8 Å². The van der Waals surface area contributed by atoms with E-state index in [0.29, 0.717) is 25.4 Å². The van der Waals surface area contributed by atoms with E-state index in [1.807, 2.05) is 6.20 Å². The summed E-state index contributed by atoms with van der Waals surface area (Å²) in [5.41, 5.74) is 5.69. The first-order valence-electron chi connectivity index (χ1n) is 6.92. The van der Waals surface area contributed by atoms with Gasteiger partial charge in [0, 0.05) is 25.7 Å². The average molecular weight is 267 g/mol. The third-order valence-corrected chi connectivity index (χ3v) is 2.97. The summed E-state index contributed by atoms with van der Waals surface area (Å²) in [6, 6.07) is 0. The zero-order chi connectivity index (χ0) is 14.1. The van der Waals surface area contributed by atoms with E-state index < -0.39 is 0 Å². The monoisotopic (exact) mass is 267 g/mol. The Morgan fingerprint density at radius 2 is 2.26 bits per heavy atom. The molecule has 19 heavy (non-hydrogen) atoms. The summed E-state index contributed by atoms with van der Waals surface area (Å²) >= 11 is 0. The molecule has 1 rings (SSSR count). The summed E-state index contributed by atoms with van der Waals surface area (Å²) in [5.74, 6) is 0.957. The highest BCUT2D eigenvalue weighted by molar-refractivity contribution is 5.76. The Hall–Kier alpha value is -1.43. The molecule has 6 nitrogen and oxygen atoms in total. The van der Waals surface area contributed by atoms with Crippen LogP contribution in [0.3, 0.4) is 0 Å². The molecule has 0 radical (unpaired) electrons. The van der Waals surface area contributed by atoms with E-state index in [4.69, 9.17) is 5.73 Å². The normalized spacial score (nSPS) is 12.6. The van der Waals surface area contributed by atoms with Crippen LogP contribution in [0.2, 0.25) is 0 Å². The van der Waals surface area contributed by atoms with E-state index in [0.717, 1.165) is 19.4 Å². The summed E-state index contributed by atoms with van der Waals surface area (Å²) < 4.78 is 1.76. The second-order valence-electron chi connectivity index (χ2n) is 5.31. The molecule has 0 saturated heterocycles. The summed E-state index contributed by atoms with van der Waals surface area (Å²) in [5, 5.41) is 10.5. The van der Waals surface area contributed by atoms with Crippen LogP contribution in [-0.2, 0) is 11.3 Å². The molecule has 3 N–H and O–H groups in total. The predicted octanol–water partition coefficient (Wildman–Crippen LogP) is 0.796. The Bertz CT molecular complexity index is 350. The van der Waals surface area contributed by atoms with Crippen molar-refractivity contribution in [1.29, 1.82) is 0 Å². The molecule has 1 aromatic heterocycles. The lowest BCUT2D eigenvalue weighted by molar-refractivity contribution is -0.122. The van der Waals surface area contributed by atoms with Gasteiger partial charge in [-0.2, -0.15) is 0 Å². The third-order valence-electron chi connectivity index (χ3n) is 2.97. The van der Waals surface area contributed by atoms with Crippen LogP contribution in [-0.4, -0.2) is 34.0 Å². The van der Waals surface area contributed by atoms with Crippen LogP contribution in [0.5, 0.6) is 0 Å². The van der Waals surface area contributed by atoms with Gasteiger partial charge in [0.1, 0.15) is 0 Å². The fourth-order valence-corrected chi connectivity index (χ4v) is 2.08. The summed E-state index contributed by atoms with van der Waals surface area (Å²) in [7, 11) is 0. The van der Waals surface area contributed by atoms with Gasteiger partial charge >= 0.3 is 0 Å². The molecule has 1 atom stereocenters. The number of hydrogen-bond acceptors (Lipinski definition) is 4. The van der Waals surface area contributed by atoms with Crippen molar-refractivity contribution in [1.82, 2.24) is 20.3 Å². The van der Waals surface area contributed by atoms with E-state index in [2.05, 4.69) is 29.5 Å². The van der Waals surface area contributed by atoms with Gasteiger partial charge in [0.05, 0.1) is 6.20 Å². The Kier molecular flexibility index (Phi) is 7.10. The number of carbonyl (C=O) groups excluding carboxylic acids is 1. The molecule has 0 bridgehead atoms. The van der Waals surface area contributed by atoms with E-state index >= 15 is 0 Å². The molecule has 0 aromatic carbocycles. The highest BCUT2D eigenvalue weighted by Gasteiger charge is 2.13. The number of hydrogen-bond donors (Lipinski definition) is 2. The Balaban J connectivity index is 2.12. The molecular weight excluding hydrogens is 242 g/mol. The topological polar surface area (TPSA) is 85.8 Å². The zero-order valence-electron chi connectivity index (χ0n) is 11.9. The zero-order valence-corrected chi connectivity index (χ0v) is 11.9. The second-order valence-corrected chi connectivity index (χ2v) is 5.31. The summed E-state index contributed by atoms with van der Waals surface area (Å²) in [6.45, 7) is 6.31. The minimum absolute atomic E-state index is 0.0923. The molecule has 0 spiro atoms. The molecule has 0 aliphatic carbocycles. The van der Waals surface area contributed by atoms with Crippen molar-refractivity contribution in [3.63, 3.8) is 0 Å². The lowest BCUT2D eigenvalue weighted by atomic mass is 9.94. The molecule has 1 amide bonds. The predicted molar refractivity (Wildman–Crippen MR) is 74.3 cm³/mol. The van der Waals surface area contributed by atoms with Crippen LogP contribution in [0.4, 0.5) is 0 Å². The van der Waals surface area contributed by atoms with Gasteiger partial charge in [-0.15, -0.1) is 5.10 Å². The Morgan fingerprint density at radius 3 is 2.84 bits per heavy atom. The first-order chi connectivity index (χ1) is 9.11. The van der Waals surface area contributed by atoms with Gasteiger partial charge in [-0.1, -0.05) is 19.1 Å². The number of rotatable bonds is 9. The molecule has 1 heterocycles. The van der Waals surface area contributed by atoms with Gasteiger partial charge in [-0.05, 0) is 31.2 Å². The average Bonchev–Trinajstić information content (AvgIpc) is 2.86. The highest BCUT2D eigenvalue weighted by Crippen LogP contribution is 2.13. The number of nitrogens with zero attached hydrogens (tertiary/aromatic N) is 3. The molecule has 108 valence electrons. The van der Waals surface area contributed by atoms with Crippen LogP contribution in [0.25, 0.3) is 0 Å². The van der Waals surface area contributed by atoms with Crippen molar-refractivity contribution in [2.45, 2.75) is 39.7 Å². The molecule has 1 aromatic rings. The van der Waals surface area contributed by atoms with Gasteiger partial charge in [0.25, 0.3) is 0 Å².